The van der Waals surface area contributed by atoms with Gasteiger partial charge in [0.05, 0.1) is 6.33 Å². The Hall–Kier alpha value is -0.920. The van der Waals surface area contributed by atoms with E-state index >= 15 is 0 Å². The molecule has 6 nitrogen and oxygen atoms in total. The zero-order valence-electron chi connectivity index (χ0n) is 10.4. The highest BCUT2D eigenvalue weighted by atomic mass is 32.2. The molecule has 2 saturated heterocycles. The lowest BCUT2D eigenvalue weighted by molar-refractivity contribution is 0.246. The molecule has 0 saturated carbocycles. The van der Waals surface area contributed by atoms with Crippen LogP contribution in [0, 0.1) is 5.92 Å². The van der Waals surface area contributed by atoms with Gasteiger partial charge in [0.25, 0.3) is 10.0 Å². The summed E-state index contributed by atoms with van der Waals surface area (Å²) >= 11 is 0. The number of rotatable bonds is 2. The summed E-state index contributed by atoms with van der Waals surface area (Å²) in [6.07, 6.45) is 5.06. The van der Waals surface area contributed by atoms with Crippen LogP contribution >= 0.6 is 0 Å². The average Bonchev–Trinajstić information content (AvgIpc) is 2.96. The molecule has 2 aliphatic heterocycles. The molecule has 3 rings (SSSR count). The molecule has 18 heavy (non-hydrogen) atoms. The summed E-state index contributed by atoms with van der Waals surface area (Å²) in [5.41, 5.74) is 0. The summed E-state index contributed by atoms with van der Waals surface area (Å²) in [4.78, 5) is 3.97. The molecule has 0 bridgehead atoms. The number of hydrogen-bond acceptors (Lipinski definition) is 4. The first-order valence-electron chi connectivity index (χ1n) is 6.29. The van der Waals surface area contributed by atoms with Gasteiger partial charge >= 0.3 is 0 Å². The lowest BCUT2D eigenvalue weighted by Crippen LogP contribution is -2.46. The maximum Gasteiger partial charge on any atom is 0.262 e. The van der Waals surface area contributed by atoms with Gasteiger partial charge < -0.3 is 9.88 Å². The number of piperidine rings is 1. The van der Waals surface area contributed by atoms with Gasteiger partial charge in [0.1, 0.15) is 0 Å². The SMILES string of the molecule is Cn1cnc(S(=O)(=O)N2CCC3NCCC3C2)c1. The second kappa shape index (κ2) is 4.32. The van der Waals surface area contributed by atoms with Gasteiger partial charge in [0, 0.05) is 32.4 Å². The molecule has 2 aliphatic rings. The van der Waals surface area contributed by atoms with Crippen LogP contribution in [0.25, 0.3) is 0 Å². The molecule has 100 valence electrons. The minimum absolute atomic E-state index is 0.161. The smallest absolute Gasteiger partial charge is 0.262 e. The van der Waals surface area contributed by atoms with Crippen molar-refractivity contribution in [1.82, 2.24) is 19.2 Å². The first kappa shape index (κ1) is 12.1. The highest BCUT2D eigenvalue weighted by Gasteiger charge is 2.38. The van der Waals surface area contributed by atoms with Crippen molar-refractivity contribution in [3.05, 3.63) is 12.5 Å². The van der Waals surface area contributed by atoms with Crippen LogP contribution in [0.15, 0.2) is 17.6 Å². The summed E-state index contributed by atoms with van der Waals surface area (Å²) in [6, 6.07) is 0.500. The fraction of sp³-hybridized carbons (Fsp3) is 0.727. The third kappa shape index (κ3) is 1.96. The molecule has 0 amide bonds. The molecule has 3 heterocycles. The predicted molar refractivity (Wildman–Crippen MR) is 66.5 cm³/mol. The largest absolute Gasteiger partial charge is 0.339 e. The number of hydrogen-bond donors (Lipinski definition) is 1. The first-order valence-corrected chi connectivity index (χ1v) is 7.73. The van der Waals surface area contributed by atoms with Crippen LogP contribution in [0.5, 0.6) is 0 Å². The number of nitrogens with zero attached hydrogens (tertiary/aromatic N) is 3. The van der Waals surface area contributed by atoms with E-state index in [-0.39, 0.29) is 5.03 Å². The van der Waals surface area contributed by atoms with Crippen LogP contribution < -0.4 is 5.32 Å². The molecular formula is C11H18N4O2S. The van der Waals surface area contributed by atoms with Gasteiger partial charge in [0.15, 0.2) is 5.03 Å². The van der Waals surface area contributed by atoms with Gasteiger partial charge in [0.2, 0.25) is 0 Å². The Bertz CT molecular complexity index is 539. The molecule has 0 radical (unpaired) electrons. The normalized spacial score (nSPS) is 29.4. The lowest BCUT2D eigenvalue weighted by atomic mass is 9.95. The van der Waals surface area contributed by atoms with Crippen LogP contribution in [0.1, 0.15) is 12.8 Å². The highest BCUT2D eigenvalue weighted by molar-refractivity contribution is 7.89. The number of aromatic nitrogens is 2. The van der Waals surface area contributed by atoms with Gasteiger partial charge in [-0.3, -0.25) is 0 Å². The second-order valence-corrected chi connectivity index (χ2v) is 7.02. The predicted octanol–water partition coefficient (Wildman–Crippen LogP) is -0.207. The molecule has 2 atom stereocenters. The van der Waals surface area contributed by atoms with Crippen molar-refractivity contribution < 1.29 is 8.42 Å². The lowest BCUT2D eigenvalue weighted by Gasteiger charge is -2.33. The molecule has 0 aromatic carbocycles. The zero-order chi connectivity index (χ0) is 12.8. The Morgan fingerprint density at radius 1 is 1.44 bits per heavy atom. The molecule has 0 aliphatic carbocycles. The summed E-state index contributed by atoms with van der Waals surface area (Å²) in [5, 5.41) is 3.59. The number of fused-ring (bicyclic) bond motifs is 1. The second-order valence-electron chi connectivity index (χ2n) is 5.14. The maximum atomic E-state index is 12.4. The topological polar surface area (TPSA) is 67.2 Å². The van der Waals surface area contributed by atoms with Gasteiger partial charge in [-0.1, -0.05) is 0 Å². The van der Waals surface area contributed by atoms with Crippen molar-refractivity contribution in [2.24, 2.45) is 13.0 Å². The Kier molecular flexibility index (Phi) is 2.91. The zero-order valence-corrected chi connectivity index (χ0v) is 11.2. The number of sulfonamides is 1. The monoisotopic (exact) mass is 270 g/mol. The molecule has 1 N–H and O–H groups in total. The Morgan fingerprint density at radius 3 is 3.00 bits per heavy atom. The van der Waals surface area contributed by atoms with E-state index in [1.54, 1.807) is 22.1 Å². The standard InChI is InChI=1S/C11H18N4O2S/c1-14-7-11(13-8-14)18(16,17)15-5-3-10-9(6-15)2-4-12-10/h7-10,12H,2-6H2,1H3. The number of nitrogens with one attached hydrogen (secondary N) is 1. The average molecular weight is 270 g/mol. The molecule has 1 aromatic rings. The van der Waals surface area contributed by atoms with E-state index in [2.05, 4.69) is 10.3 Å². The number of imidazole rings is 1. The van der Waals surface area contributed by atoms with Crippen LogP contribution in [0.3, 0.4) is 0 Å². The van der Waals surface area contributed by atoms with Crippen LogP contribution in [-0.2, 0) is 17.1 Å². The van der Waals surface area contributed by atoms with Crippen molar-refractivity contribution in [2.45, 2.75) is 23.9 Å². The fourth-order valence-corrected chi connectivity index (χ4v) is 4.36. The van der Waals surface area contributed by atoms with E-state index in [1.165, 1.54) is 6.33 Å². The molecular weight excluding hydrogens is 252 g/mol. The first-order chi connectivity index (χ1) is 8.57. The fourth-order valence-electron chi connectivity index (χ4n) is 2.89. The molecule has 1 aromatic heterocycles. The molecule has 2 fully saturated rings. The summed E-state index contributed by atoms with van der Waals surface area (Å²) in [6.45, 7) is 2.22. The van der Waals surface area contributed by atoms with Gasteiger partial charge in [-0.25, -0.2) is 13.4 Å². The van der Waals surface area contributed by atoms with Crippen molar-refractivity contribution >= 4 is 10.0 Å². The molecule has 2 unspecified atom stereocenters. The molecule has 7 heteroatoms. The Morgan fingerprint density at radius 2 is 2.28 bits per heavy atom. The Labute approximate surface area is 107 Å². The van der Waals surface area contributed by atoms with Crippen molar-refractivity contribution in [3.8, 4) is 0 Å². The van der Waals surface area contributed by atoms with Crippen molar-refractivity contribution in [2.75, 3.05) is 19.6 Å². The van der Waals surface area contributed by atoms with Crippen LogP contribution in [-0.4, -0.2) is 48.0 Å². The quantitative estimate of drug-likeness (QED) is 0.807. The Balaban J connectivity index is 1.82. The van der Waals surface area contributed by atoms with Crippen LogP contribution in [0.4, 0.5) is 0 Å². The summed E-state index contributed by atoms with van der Waals surface area (Å²) in [5.74, 6) is 0.456. The third-order valence-corrected chi connectivity index (χ3v) is 5.65. The van der Waals surface area contributed by atoms with Crippen LogP contribution in [0.2, 0.25) is 0 Å². The van der Waals surface area contributed by atoms with E-state index < -0.39 is 10.0 Å². The number of aryl methyl sites for hydroxylation is 1. The van der Waals surface area contributed by atoms with E-state index in [0.29, 0.717) is 25.0 Å². The maximum absolute atomic E-state index is 12.4. The van der Waals surface area contributed by atoms with E-state index in [4.69, 9.17) is 0 Å². The van der Waals surface area contributed by atoms with Gasteiger partial charge in [-0.05, 0) is 25.3 Å². The molecule has 0 spiro atoms. The van der Waals surface area contributed by atoms with Crippen molar-refractivity contribution in [1.29, 1.82) is 0 Å². The minimum atomic E-state index is -3.41. The van der Waals surface area contributed by atoms with E-state index in [9.17, 15) is 8.42 Å². The minimum Gasteiger partial charge on any atom is -0.339 e. The van der Waals surface area contributed by atoms with Crippen molar-refractivity contribution in [3.63, 3.8) is 0 Å². The summed E-state index contributed by atoms with van der Waals surface area (Å²) in [7, 11) is -1.63. The summed E-state index contributed by atoms with van der Waals surface area (Å²) < 4.78 is 28.1. The highest BCUT2D eigenvalue weighted by Crippen LogP contribution is 2.27. The van der Waals surface area contributed by atoms with E-state index in [0.717, 1.165) is 19.4 Å². The third-order valence-electron chi connectivity index (χ3n) is 3.90. The van der Waals surface area contributed by atoms with Gasteiger partial charge in [-0.2, -0.15) is 4.31 Å². The van der Waals surface area contributed by atoms with E-state index in [1.807, 2.05) is 0 Å². The van der Waals surface area contributed by atoms with Gasteiger partial charge in [-0.15, -0.1) is 0 Å².